The molecule has 1 aliphatic rings. The van der Waals surface area contributed by atoms with Crippen LogP contribution in [0.5, 0.6) is 0 Å². The average molecular weight is 402 g/mol. The van der Waals surface area contributed by atoms with Crippen LogP contribution in [0.15, 0.2) is 30.5 Å². The number of aryl methyl sites for hydroxylation is 1. The Balaban J connectivity index is 1.58. The lowest BCUT2D eigenvalue weighted by molar-refractivity contribution is -0.133. The van der Waals surface area contributed by atoms with E-state index < -0.39 is 5.60 Å². The van der Waals surface area contributed by atoms with Crippen LogP contribution >= 0.6 is 0 Å². The van der Waals surface area contributed by atoms with Crippen LogP contribution in [-0.4, -0.2) is 63.1 Å². The lowest BCUT2D eigenvalue weighted by Gasteiger charge is -2.35. The topological polar surface area (TPSA) is 67.7 Å². The van der Waals surface area contributed by atoms with Gasteiger partial charge in [0.25, 0.3) is 0 Å². The van der Waals surface area contributed by atoms with Gasteiger partial charge in [0.2, 0.25) is 5.91 Å². The van der Waals surface area contributed by atoms with E-state index in [0.717, 1.165) is 5.56 Å². The molecule has 0 bridgehead atoms. The molecule has 0 spiro atoms. The number of amides is 2. The van der Waals surface area contributed by atoms with Gasteiger partial charge >= 0.3 is 6.09 Å². The Bertz CT molecular complexity index is 878. The number of aromatic nitrogens is 2. The number of hydrogen-bond donors (Lipinski definition) is 0. The van der Waals surface area contributed by atoms with E-state index in [2.05, 4.69) is 4.98 Å². The van der Waals surface area contributed by atoms with Gasteiger partial charge in [-0.3, -0.25) is 4.79 Å². The molecule has 7 nitrogen and oxygen atoms in total. The van der Waals surface area contributed by atoms with Crippen molar-refractivity contribution in [3.63, 3.8) is 0 Å². The highest BCUT2D eigenvalue weighted by Crippen LogP contribution is 2.19. The first-order valence-electron chi connectivity index (χ1n) is 9.68. The molecule has 2 amide bonds. The second kappa shape index (κ2) is 8.23. The highest BCUT2D eigenvalue weighted by Gasteiger charge is 2.27. The molecule has 0 atom stereocenters. The molecule has 0 unspecified atom stereocenters. The summed E-state index contributed by atoms with van der Waals surface area (Å²) < 4.78 is 20.3. The lowest BCUT2D eigenvalue weighted by atomic mass is 10.2. The van der Waals surface area contributed by atoms with Crippen molar-refractivity contribution in [2.75, 3.05) is 26.2 Å². The minimum absolute atomic E-state index is 0.0278. The quantitative estimate of drug-likeness (QED) is 0.791. The number of nitrogens with zero attached hydrogens (tertiary/aromatic N) is 4. The van der Waals surface area contributed by atoms with Gasteiger partial charge in [-0.05, 0) is 52.0 Å². The summed E-state index contributed by atoms with van der Waals surface area (Å²) in [7, 11) is 0. The first kappa shape index (κ1) is 20.8. The van der Waals surface area contributed by atoms with E-state index in [1.54, 1.807) is 32.7 Å². The molecule has 29 heavy (non-hydrogen) atoms. The summed E-state index contributed by atoms with van der Waals surface area (Å²) >= 11 is 0. The Labute approximate surface area is 170 Å². The molecule has 1 saturated heterocycles. The number of hydrogen-bond acceptors (Lipinski definition) is 4. The van der Waals surface area contributed by atoms with Crippen molar-refractivity contribution in [3.8, 4) is 11.3 Å². The summed E-state index contributed by atoms with van der Waals surface area (Å²) in [6, 6.07) is 6.11. The molecule has 1 fully saturated rings. The number of carbonyl (C=O) groups excluding carboxylic acids is 2. The minimum Gasteiger partial charge on any atom is -0.444 e. The normalized spacial score (nSPS) is 14.8. The Morgan fingerprint density at radius 3 is 2.24 bits per heavy atom. The molecule has 1 aliphatic heterocycles. The summed E-state index contributed by atoms with van der Waals surface area (Å²) in [5.74, 6) is 0.385. The fraction of sp³-hybridized carbons (Fsp3) is 0.476. The second-order valence-electron chi connectivity index (χ2n) is 8.16. The predicted molar refractivity (Wildman–Crippen MR) is 107 cm³/mol. The van der Waals surface area contributed by atoms with Crippen molar-refractivity contribution in [3.05, 3.63) is 42.1 Å². The fourth-order valence-electron chi connectivity index (χ4n) is 3.14. The van der Waals surface area contributed by atoms with Crippen molar-refractivity contribution < 1.29 is 18.7 Å². The zero-order chi connectivity index (χ0) is 21.2. The zero-order valence-electron chi connectivity index (χ0n) is 17.3. The molecular weight excluding hydrogens is 375 g/mol. The Morgan fingerprint density at radius 1 is 1.07 bits per heavy atom. The van der Waals surface area contributed by atoms with Gasteiger partial charge in [0.15, 0.2) is 0 Å². The minimum atomic E-state index is -0.536. The van der Waals surface area contributed by atoms with Crippen molar-refractivity contribution >= 4 is 12.0 Å². The molecular formula is C21H27FN4O3. The van der Waals surface area contributed by atoms with Gasteiger partial charge in [0, 0.05) is 37.9 Å². The first-order valence-corrected chi connectivity index (χ1v) is 9.68. The van der Waals surface area contributed by atoms with Crippen LogP contribution in [0.3, 0.4) is 0 Å². The van der Waals surface area contributed by atoms with E-state index in [0.29, 0.717) is 37.7 Å². The highest BCUT2D eigenvalue weighted by atomic mass is 19.1. The molecule has 1 aromatic carbocycles. The number of benzene rings is 1. The Kier molecular flexibility index (Phi) is 5.91. The van der Waals surface area contributed by atoms with Crippen LogP contribution < -0.4 is 0 Å². The van der Waals surface area contributed by atoms with Crippen molar-refractivity contribution in [1.82, 2.24) is 19.4 Å². The molecule has 8 heteroatoms. The van der Waals surface area contributed by atoms with E-state index in [1.807, 2.05) is 27.7 Å². The van der Waals surface area contributed by atoms with Crippen LogP contribution in [0, 0.1) is 12.7 Å². The third kappa shape index (κ3) is 5.34. The van der Waals surface area contributed by atoms with Crippen LogP contribution in [0.25, 0.3) is 11.3 Å². The number of imidazole rings is 1. The largest absolute Gasteiger partial charge is 0.444 e. The molecule has 1 aromatic heterocycles. The standard InChI is InChI=1S/C21H27FN4O3/c1-15-23-18(16-5-7-17(22)8-6-16)13-26(15)14-19(27)24-9-11-25(12-10-24)20(28)29-21(2,3)4/h5-8,13H,9-12,14H2,1-4H3. The maximum Gasteiger partial charge on any atom is 0.410 e. The maximum atomic E-state index is 13.1. The molecule has 0 N–H and O–H groups in total. The highest BCUT2D eigenvalue weighted by molar-refractivity contribution is 5.77. The molecule has 0 aliphatic carbocycles. The summed E-state index contributed by atoms with van der Waals surface area (Å²) in [4.78, 5) is 32.7. The molecule has 0 radical (unpaired) electrons. The van der Waals surface area contributed by atoms with Crippen LogP contribution in [0.2, 0.25) is 0 Å². The van der Waals surface area contributed by atoms with E-state index in [-0.39, 0.29) is 24.4 Å². The summed E-state index contributed by atoms with van der Waals surface area (Å²) in [5.41, 5.74) is 0.960. The number of rotatable bonds is 3. The van der Waals surface area contributed by atoms with Gasteiger partial charge in [-0.1, -0.05) is 0 Å². The number of halogens is 1. The van der Waals surface area contributed by atoms with E-state index in [9.17, 15) is 14.0 Å². The Morgan fingerprint density at radius 2 is 1.66 bits per heavy atom. The van der Waals surface area contributed by atoms with E-state index in [1.165, 1.54) is 12.1 Å². The van der Waals surface area contributed by atoms with Gasteiger partial charge in [0.05, 0.1) is 5.69 Å². The van der Waals surface area contributed by atoms with Crippen molar-refractivity contribution in [2.24, 2.45) is 0 Å². The molecule has 2 heterocycles. The average Bonchev–Trinajstić information content (AvgIpc) is 3.01. The molecule has 3 rings (SSSR count). The smallest absolute Gasteiger partial charge is 0.410 e. The van der Waals surface area contributed by atoms with Crippen molar-refractivity contribution in [1.29, 1.82) is 0 Å². The number of carbonyl (C=O) groups is 2. The molecule has 156 valence electrons. The second-order valence-corrected chi connectivity index (χ2v) is 8.16. The molecule has 2 aromatic rings. The van der Waals surface area contributed by atoms with Gasteiger partial charge in [0.1, 0.15) is 23.8 Å². The lowest BCUT2D eigenvalue weighted by Crippen LogP contribution is -2.52. The van der Waals surface area contributed by atoms with Crippen LogP contribution in [0.4, 0.5) is 9.18 Å². The SMILES string of the molecule is Cc1nc(-c2ccc(F)cc2)cn1CC(=O)N1CCN(C(=O)OC(C)(C)C)CC1. The van der Waals surface area contributed by atoms with Crippen molar-refractivity contribution in [2.45, 2.75) is 39.8 Å². The van der Waals surface area contributed by atoms with E-state index in [4.69, 9.17) is 4.74 Å². The summed E-state index contributed by atoms with van der Waals surface area (Å²) in [5, 5.41) is 0. The number of piperazine rings is 1. The van der Waals surface area contributed by atoms with Gasteiger partial charge in [-0.2, -0.15) is 0 Å². The van der Waals surface area contributed by atoms with Gasteiger partial charge < -0.3 is 19.1 Å². The third-order valence-electron chi connectivity index (χ3n) is 4.71. The summed E-state index contributed by atoms with van der Waals surface area (Å²) in [6.07, 6.45) is 1.45. The monoisotopic (exact) mass is 402 g/mol. The number of ether oxygens (including phenoxy) is 1. The zero-order valence-corrected chi connectivity index (χ0v) is 17.3. The first-order chi connectivity index (χ1) is 13.6. The van der Waals surface area contributed by atoms with Crippen LogP contribution in [-0.2, 0) is 16.1 Å². The maximum absolute atomic E-state index is 13.1. The van der Waals surface area contributed by atoms with Crippen LogP contribution in [0.1, 0.15) is 26.6 Å². The third-order valence-corrected chi connectivity index (χ3v) is 4.71. The van der Waals surface area contributed by atoms with Gasteiger partial charge in [-0.15, -0.1) is 0 Å². The van der Waals surface area contributed by atoms with Gasteiger partial charge in [-0.25, -0.2) is 14.2 Å². The Hall–Kier alpha value is -2.90. The summed E-state index contributed by atoms with van der Waals surface area (Å²) in [6.45, 7) is 9.34. The fourth-order valence-corrected chi connectivity index (χ4v) is 3.14. The predicted octanol–water partition coefficient (Wildman–Crippen LogP) is 3.08. The molecule has 0 saturated carbocycles. The van der Waals surface area contributed by atoms with E-state index >= 15 is 0 Å².